The average Bonchev–Trinajstić information content (AvgIpc) is 3.13. The maximum atomic E-state index is 13.6. The van der Waals surface area contributed by atoms with E-state index in [0.717, 1.165) is 0 Å². The molecule has 1 aliphatic heterocycles. The Morgan fingerprint density at radius 2 is 1.61 bits per heavy atom. The van der Waals surface area contributed by atoms with Gasteiger partial charge in [0.05, 0.1) is 32.4 Å². The number of benzene rings is 3. The molecule has 0 saturated carbocycles. The Hall–Kier alpha value is -4.10. The van der Waals surface area contributed by atoms with Crippen LogP contribution in [-0.4, -0.2) is 36.1 Å². The molecule has 0 spiro atoms. The SMILES string of the molecule is COc1ccc(C(=O)C2=C(O)C(=O)N(c3ccc(CO)cc3)C2c2ccccc2OC)cc1. The van der Waals surface area contributed by atoms with Gasteiger partial charge in [-0.15, -0.1) is 0 Å². The summed E-state index contributed by atoms with van der Waals surface area (Å²) in [6.45, 7) is -0.144. The summed E-state index contributed by atoms with van der Waals surface area (Å²) in [5.41, 5.74) is 1.96. The zero-order chi connectivity index (χ0) is 23.5. The molecule has 1 aliphatic rings. The van der Waals surface area contributed by atoms with Crippen LogP contribution < -0.4 is 14.4 Å². The molecule has 0 saturated heterocycles. The van der Waals surface area contributed by atoms with E-state index in [1.165, 1.54) is 19.1 Å². The van der Waals surface area contributed by atoms with Gasteiger partial charge >= 0.3 is 0 Å². The highest BCUT2D eigenvalue weighted by Crippen LogP contribution is 2.44. The number of methoxy groups -OCH3 is 2. The lowest BCUT2D eigenvalue weighted by Gasteiger charge is -2.28. The number of hydrogen-bond acceptors (Lipinski definition) is 6. The van der Waals surface area contributed by atoms with Crippen LogP contribution in [0.3, 0.4) is 0 Å². The van der Waals surface area contributed by atoms with Crippen LogP contribution in [0.1, 0.15) is 27.5 Å². The number of aliphatic hydroxyl groups excluding tert-OH is 2. The van der Waals surface area contributed by atoms with Gasteiger partial charge in [0.1, 0.15) is 11.5 Å². The molecule has 1 unspecified atom stereocenters. The average molecular weight is 445 g/mol. The Kier molecular flexibility index (Phi) is 6.15. The van der Waals surface area contributed by atoms with E-state index >= 15 is 0 Å². The number of ether oxygens (including phenoxy) is 2. The van der Waals surface area contributed by atoms with Crippen molar-refractivity contribution in [2.75, 3.05) is 19.1 Å². The number of carbonyl (C=O) groups excluding carboxylic acids is 2. The molecule has 1 heterocycles. The number of rotatable bonds is 7. The first kappa shape index (κ1) is 22.1. The second kappa shape index (κ2) is 9.18. The summed E-state index contributed by atoms with van der Waals surface area (Å²) in [5, 5.41) is 20.2. The third kappa shape index (κ3) is 3.94. The third-order valence-corrected chi connectivity index (χ3v) is 5.64. The van der Waals surface area contributed by atoms with E-state index in [2.05, 4.69) is 0 Å². The molecule has 2 N–H and O–H groups in total. The molecule has 3 aromatic rings. The van der Waals surface area contributed by atoms with Gasteiger partial charge in [0.25, 0.3) is 5.91 Å². The number of para-hydroxylation sites is 1. The summed E-state index contributed by atoms with van der Waals surface area (Å²) < 4.78 is 10.7. The second-order valence-electron chi connectivity index (χ2n) is 7.46. The lowest BCUT2D eigenvalue weighted by Crippen LogP contribution is -2.31. The number of hydrogen-bond donors (Lipinski definition) is 2. The summed E-state index contributed by atoms with van der Waals surface area (Å²) in [7, 11) is 3.03. The van der Waals surface area contributed by atoms with Crippen molar-refractivity contribution in [2.24, 2.45) is 0 Å². The van der Waals surface area contributed by atoms with E-state index in [9.17, 15) is 19.8 Å². The maximum Gasteiger partial charge on any atom is 0.294 e. The molecule has 0 aromatic heterocycles. The standard InChI is InChI=1S/C26H23NO6/c1-32-19-13-9-17(10-14-19)24(29)22-23(20-5-3-4-6-21(20)33-2)27(26(31)25(22)30)18-11-7-16(15-28)8-12-18/h3-14,23,28,30H,15H2,1-2H3. The fourth-order valence-corrected chi connectivity index (χ4v) is 3.95. The van der Waals surface area contributed by atoms with Crippen molar-refractivity contribution >= 4 is 17.4 Å². The molecular formula is C26H23NO6. The Morgan fingerprint density at radius 1 is 0.939 bits per heavy atom. The Labute approximate surface area is 191 Å². The smallest absolute Gasteiger partial charge is 0.294 e. The van der Waals surface area contributed by atoms with Crippen LogP contribution in [0.15, 0.2) is 84.1 Å². The van der Waals surface area contributed by atoms with Gasteiger partial charge in [-0.25, -0.2) is 0 Å². The highest BCUT2D eigenvalue weighted by Gasteiger charge is 2.45. The molecule has 0 bridgehead atoms. The lowest BCUT2D eigenvalue weighted by molar-refractivity contribution is -0.117. The number of ketones is 1. The number of Topliss-reactive ketones (excluding diaryl/α,β-unsaturated/α-hetero) is 1. The van der Waals surface area contributed by atoms with Crippen LogP contribution in [0, 0.1) is 0 Å². The molecule has 1 amide bonds. The minimum atomic E-state index is -0.914. The summed E-state index contributed by atoms with van der Waals surface area (Å²) in [6.07, 6.45) is 0. The molecule has 3 aromatic carbocycles. The van der Waals surface area contributed by atoms with Gasteiger partial charge in [0.2, 0.25) is 0 Å². The molecule has 0 fully saturated rings. The van der Waals surface area contributed by atoms with Gasteiger partial charge in [-0.3, -0.25) is 14.5 Å². The summed E-state index contributed by atoms with van der Waals surface area (Å²) in [6, 6.07) is 19.3. The van der Waals surface area contributed by atoms with E-state index < -0.39 is 23.5 Å². The van der Waals surface area contributed by atoms with Gasteiger partial charge in [-0.2, -0.15) is 0 Å². The van der Waals surface area contributed by atoms with Crippen molar-refractivity contribution < 1.29 is 29.3 Å². The van der Waals surface area contributed by atoms with Gasteiger partial charge in [0.15, 0.2) is 11.5 Å². The van der Waals surface area contributed by atoms with Crippen molar-refractivity contribution in [3.8, 4) is 11.5 Å². The van der Waals surface area contributed by atoms with E-state index in [0.29, 0.717) is 33.9 Å². The number of anilines is 1. The van der Waals surface area contributed by atoms with E-state index in [-0.39, 0.29) is 12.2 Å². The number of nitrogens with zero attached hydrogens (tertiary/aromatic N) is 1. The topological polar surface area (TPSA) is 96.3 Å². The highest BCUT2D eigenvalue weighted by molar-refractivity contribution is 6.21. The zero-order valence-electron chi connectivity index (χ0n) is 18.2. The molecule has 1 atom stereocenters. The van der Waals surface area contributed by atoms with Crippen LogP contribution in [0.25, 0.3) is 0 Å². The fraction of sp³-hybridized carbons (Fsp3) is 0.154. The quantitative estimate of drug-likeness (QED) is 0.534. The minimum absolute atomic E-state index is 0.0408. The lowest BCUT2D eigenvalue weighted by atomic mass is 9.92. The van der Waals surface area contributed by atoms with Crippen molar-refractivity contribution in [2.45, 2.75) is 12.6 Å². The van der Waals surface area contributed by atoms with Crippen LogP contribution in [0.5, 0.6) is 11.5 Å². The highest BCUT2D eigenvalue weighted by atomic mass is 16.5. The molecule has 168 valence electrons. The van der Waals surface area contributed by atoms with Crippen molar-refractivity contribution in [1.82, 2.24) is 0 Å². The second-order valence-corrected chi connectivity index (χ2v) is 7.46. The fourth-order valence-electron chi connectivity index (χ4n) is 3.95. The van der Waals surface area contributed by atoms with Gasteiger partial charge in [-0.1, -0.05) is 30.3 Å². The minimum Gasteiger partial charge on any atom is -0.503 e. The Bertz CT molecular complexity index is 1210. The van der Waals surface area contributed by atoms with Gasteiger partial charge in [0, 0.05) is 16.8 Å². The van der Waals surface area contributed by atoms with E-state index in [1.54, 1.807) is 72.8 Å². The normalized spacial score (nSPS) is 15.7. The zero-order valence-corrected chi connectivity index (χ0v) is 18.2. The molecule has 4 rings (SSSR count). The molecular weight excluding hydrogens is 422 g/mol. The van der Waals surface area contributed by atoms with Crippen LogP contribution >= 0.6 is 0 Å². The monoisotopic (exact) mass is 445 g/mol. The van der Waals surface area contributed by atoms with Crippen LogP contribution in [-0.2, 0) is 11.4 Å². The molecule has 7 nitrogen and oxygen atoms in total. The summed E-state index contributed by atoms with van der Waals surface area (Å²) >= 11 is 0. The number of aliphatic hydroxyl groups is 2. The molecule has 0 radical (unpaired) electrons. The third-order valence-electron chi connectivity index (χ3n) is 5.64. The number of carbonyl (C=O) groups is 2. The van der Waals surface area contributed by atoms with Crippen molar-refractivity contribution in [3.05, 3.63) is 101 Å². The molecule has 33 heavy (non-hydrogen) atoms. The van der Waals surface area contributed by atoms with E-state index in [4.69, 9.17) is 9.47 Å². The number of amides is 1. The largest absolute Gasteiger partial charge is 0.503 e. The van der Waals surface area contributed by atoms with Gasteiger partial charge in [-0.05, 0) is 48.0 Å². The maximum absolute atomic E-state index is 13.6. The Balaban J connectivity index is 1.87. The molecule has 7 heteroatoms. The van der Waals surface area contributed by atoms with E-state index in [1.807, 2.05) is 0 Å². The first-order valence-electron chi connectivity index (χ1n) is 10.3. The first-order chi connectivity index (χ1) is 16.0. The van der Waals surface area contributed by atoms with Crippen molar-refractivity contribution in [3.63, 3.8) is 0 Å². The predicted molar refractivity (Wildman–Crippen MR) is 123 cm³/mol. The molecule has 0 aliphatic carbocycles. The van der Waals surface area contributed by atoms with Crippen LogP contribution in [0.4, 0.5) is 5.69 Å². The first-order valence-corrected chi connectivity index (χ1v) is 10.3. The van der Waals surface area contributed by atoms with Gasteiger partial charge < -0.3 is 19.7 Å². The van der Waals surface area contributed by atoms with Crippen molar-refractivity contribution in [1.29, 1.82) is 0 Å². The summed E-state index contributed by atoms with van der Waals surface area (Å²) in [4.78, 5) is 28.2. The Morgan fingerprint density at radius 3 is 2.21 bits per heavy atom. The van der Waals surface area contributed by atoms with Crippen LogP contribution in [0.2, 0.25) is 0 Å². The predicted octanol–water partition coefficient (Wildman–Crippen LogP) is 3.98. The summed E-state index contributed by atoms with van der Waals surface area (Å²) in [5.74, 6) is -0.729.